The van der Waals surface area contributed by atoms with Crippen molar-refractivity contribution < 1.29 is 14.2 Å². The number of aromatic nitrogens is 5. The third kappa shape index (κ3) is 6.50. The van der Waals surface area contributed by atoms with E-state index in [2.05, 4.69) is 40.5 Å². The van der Waals surface area contributed by atoms with Crippen molar-refractivity contribution in [3.63, 3.8) is 0 Å². The van der Waals surface area contributed by atoms with Crippen molar-refractivity contribution in [2.75, 3.05) is 57.7 Å². The normalized spacial score (nSPS) is 13.6. The van der Waals surface area contributed by atoms with Gasteiger partial charge in [-0.1, -0.05) is 23.2 Å². The molecule has 1 aliphatic rings. The van der Waals surface area contributed by atoms with Crippen molar-refractivity contribution in [1.29, 1.82) is 0 Å². The lowest BCUT2D eigenvalue weighted by atomic mass is 10.2. The third-order valence-corrected chi connectivity index (χ3v) is 7.08. The Hall–Kier alpha value is -3.77. The molecule has 0 atom stereocenters. The Bertz CT molecular complexity index is 1440. The summed E-state index contributed by atoms with van der Waals surface area (Å²) >= 11 is 13.1. The zero-order valence-electron chi connectivity index (χ0n) is 22.0. The van der Waals surface area contributed by atoms with Gasteiger partial charge in [-0.2, -0.15) is 0 Å². The molecule has 0 unspecified atom stereocenters. The van der Waals surface area contributed by atoms with Crippen molar-refractivity contribution >= 4 is 46.3 Å². The van der Waals surface area contributed by atoms with Gasteiger partial charge in [0.1, 0.15) is 45.2 Å². The van der Waals surface area contributed by atoms with Crippen molar-refractivity contribution in [2.24, 2.45) is 0 Å². The molecule has 3 aromatic heterocycles. The van der Waals surface area contributed by atoms with Crippen LogP contribution >= 0.6 is 23.2 Å². The Morgan fingerprint density at radius 1 is 0.850 bits per heavy atom. The molecule has 1 aliphatic heterocycles. The summed E-state index contributed by atoms with van der Waals surface area (Å²) in [5.74, 6) is 2.41. The molecule has 0 spiro atoms. The third-order valence-electron chi connectivity index (χ3n) is 6.33. The van der Waals surface area contributed by atoms with Gasteiger partial charge in [0.15, 0.2) is 5.82 Å². The van der Waals surface area contributed by atoms with Crippen molar-refractivity contribution in [2.45, 2.75) is 6.42 Å². The van der Waals surface area contributed by atoms with Gasteiger partial charge in [0.05, 0.1) is 38.8 Å². The number of rotatable bonds is 10. The van der Waals surface area contributed by atoms with Crippen molar-refractivity contribution in [3.05, 3.63) is 64.8 Å². The molecule has 1 saturated heterocycles. The number of pyridine rings is 1. The number of hydrogen-bond donors (Lipinski definition) is 2. The van der Waals surface area contributed by atoms with Crippen LogP contribution in [-0.4, -0.2) is 76.9 Å². The van der Waals surface area contributed by atoms with Gasteiger partial charge in [-0.15, -0.1) is 0 Å². The van der Waals surface area contributed by atoms with Gasteiger partial charge in [-0.25, -0.2) is 24.9 Å². The number of nitrogens with zero attached hydrogens (tertiary/aromatic N) is 6. The van der Waals surface area contributed by atoms with Gasteiger partial charge in [0, 0.05) is 50.4 Å². The van der Waals surface area contributed by atoms with E-state index in [-0.39, 0.29) is 10.0 Å². The molecular formula is C27H28Cl2N8O3. The molecule has 5 rings (SSSR count). The highest BCUT2D eigenvalue weighted by Gasteiger charge is 2.20. The number of nitrogens with one attached hydrogen (secondary N) is 2. The first-order valence-corrected chi connectivity index (χ1v) is 13.3. The van der Waals surface area contributed by atoms with Crippen LogP contribution in [0.4, 0.5) is 23.1 Å². The molecule has 2 N–H and O–H groups in total. The Morgan fingerprint density at radius 3 is 2.33 bits per heavy atom. The zero-order valence-corrected chi connectivity index (χ0v) is 23.5. The predicted molar refractivity (Wildman–Crippen MR) is 154 cm³/mol. The molecule has 1 aromatic carbocycles. The number of methoxy groups -OCH3 is 2. The summed E-state index contributed by atoms with van der Waals surface area (Å²) in [6.45, 7) is 4.47. The van der Waals surface area contributed by atoms with Crippen LogP contribution in [0.3, 0.4) is 0 Å². The second-order valence-electron chi connectivity index (χ2n) is 8.83. The summed E-state index contributed by atoms with van der Waals surface area (Å²) in [7, 11) is 3.02. The summed E-state index contributed by atoms with van der Waals surface area (Å²) < 4.78 is 16.2. The molecule has 0 bridgehead atoms. The molecule has 11 nitrogen and oxygen atoms in total. The van der Waals surface area contributed by atoms with E-state index in [0.29, 0.717) is 46.0 Å². The summed E-state index contributed by atoms with van der Waals surface area (Å²) in [6, 6.07) is 7.43. The van der Waals surface area contributed by atoms with E-state index in [1.807, 2.05) is 12.1 Å². The van der Waals surface area contributed by atoms with Gasteiger partial charge < -0.3 is 24.8 Å². The van der Waals surface area contributed by atoms with Gasteiger partial charge in [0.25, 0.3) is 0 Å². The average Bonchev–Trinajstić information content (AvgIpc) is 2.99. The molecule has 0 aliphatic carbocycles. The van der Waals surface area contributed by atoms with E-state index in [1.165, 1.54) is 26.1 Å². The molecule has 4 aromatic rings. The Balaban J connectivity index is 1.36. The second kappa shape index (κ2) is 13.1. The lowest BCUT2D eigenvalue weighted by molar-refractivity contribution is 0.0384. The van der Waals surface area contributed by atoms with Crippen molar-refractivity contribution in [1.82, 2.24) is 29.8 Å². The SMILES string of the molecule is COc1cc(OC)c(Cl)c(Nc2nccnc2-c2cc(Nc3cc(CCN4CCOCC4)ccn3)ncn2)c1Cl. The lowest BCUT2D eigenvalue weighted by Crippen LogP contribution is -2.37. The fraction of sp³-hybridized carbons (Fsp3) is 0.296. The first-order chi connectivity index (χ1) is 19.6. The smallest absolute Gasteiger partial charge is 0.158 e. The summed E-state index contributed by atoms with van der Waals surface area (Å²) in [4.78, 5) is 24.6. The van der Waals surface area contributed by atoms with Crippen LogP contribution in [0.25, 0.3) is 11.4 Å². The number of morpholine rings is 1. The van der Waals surface area contributed by atoms with E-state index in [4.69, 9.17) is 37.4 Å². The monoisotopic (exact) mass is 582 g/mol. The molecule has 40 heavy (non-hydrogen) atoms. The van der Waals surface area contributed by atoms with E-state index in [1.54, 1.807) is 30.7 Å². The van der Waals surface area contributed by atoms with Crippen LogP contribution < -0.4 is 20.1 Å². The number of ether oxygens (including phenoxy) is 3. The molecule has 4 heterocycles. The number of halogens is 2. The standard InChI is InChI=1S/C27H28Cl2N8O3/c1-38-19-15-20(39-2)24(29)26(23(19)28)36-27-25(31-6-7-32-27)18-14-22(34-16-33-18)35-21-13-17(3-5-30-21)4-8-37-9-11-40-12-10-37/h3,5-7,13-16H,4,8-12H2,1-2H3,(H,32,36)(H,30,33,34,35). The number of anilines is 4. The molecule has 13 heteroatoms. The Kier molecular flexibility index (Phi) is 9.07. The Labute approximate surface area is 241 Å². The van der Waals surface area contributed by atoms with Crippen LogP contribution in [0.15, 0.2) is 49.2 Å². The molecule has 0 radical (unpaired) electrons. The average molecular weight is 583 g/mol. The second-order valence-corrected chi connectivity index (χ2v) is 9.59. The summed E-state index contributed by atoms with van der Waals surface area (Å²) in [6.07, 6.45) is 7.29. The fourth-order valence-corrected chi connectivity index (χ4v) is 4.82. The van der Waals surface area contributed by atoms with E-state index in [9.17, 15) is 0 Å². The first-order valence-electron chi connectivity index (χ1n) is 12.6. The summed E-state index contributed by atoms with van der Waals surface area (Å²) in [5, 5.41) is 6.99. The van der Waals surface area contributed by atoms with Gasteiger partial charge in [0.2, 0.25) is 0 Å². The van der Waals surface area contributed by atoms with E-state index in [0.717, 1.165) is 39.3 Å². The lowest BCUT2D eigenvalue weighted by Gasteiger charge is -2.26. The predicted octanol–water partition coefficient (Wildman–Crippen LogP) is 5.01. The zero-order chi connectivity index (χ0) is 27.9. The van der Waals surface area contributed by atoms with Gasteiger partial charge in [-0.05, 0) is 24.1 Å². The number of hydrogen-bond acceptors (Lipinski definition) is 11. The fourth-order valence-electron chi connectivity index (χ4n) is 4.23. The van der Waals surface area contributed by atoms with Crippen LogP contribution in [0.2, 0.25) is 10.0 Å². The van der Waals surface area contributed by atoms with Crippen LogP contribution in [0, 0.1) is 0 Å². The van der Waals surface area contributed by atoms with Gasteiger partial charge in [-0.3, -0.25) is 4.90 Å². The highest BCUT2D eigenvalue weighted by molar-refractivity contribution is 6.41. The minimum absolute atomic E-state index is 0.273. The maximum atomic E-state index is 6.56. The molecule has 1 fully saturated rings. The summed E-state index contributed by atoms with van der Waals surface area (Å²) in [5.41, 5.74) is 2.54. The molecule has 0 saturated carbocycles. The molecular weight excluding hydrogens is 555 g/mol. The minimum Gasteiger partial charge on any atom is -0.495 e. The highest BCUT2D eigenvalue weighted by Crippen LogP contribution is 2.45. The molecule has 0 amide bonds. The molecule has 208 valence electrons. The van der Waals surface area contributed by atoms with Crippen LogP contribution in [0.5, 0.6) is 11.5 Å². The van der Waals surface area contributed by atoms with Crippen LogP contribution in [0.1, 0.15) is 5.56 Å². The largest absolute Gasteiger partial charge is 0.495 e. The van der Waals surface area contributed by atoms with E-state index < -0.39 is 0 Å². The van der Waals surface area contributed by atoms with Gasteiger partial charge >= 0.3 is 0 Å². The van der Waals surface area contributed by atoms with Crippen LogP contribution in [-0.2, 0) is 11.2 Å². The highest BCUT2D eigenvalue weighted by atomic mass is 35.5. The minimum atomic E-state index is 0.273. The maximum absolute atomic E-state index is 6.56. The maximum Gasteiger partial charge on any atom is 0.158 e. The number of benzene rings is 1. The van der Waals surface area contributed by atoms with E-state index >= 15 is 0 Å². The topological polar surface area (TPSA) is 119 Å². The van der Waals surface area contributed by atoms with Crippen molar-refractivity contribution in [3.8, 4) is 22.9 Å². The first kappa shape index (κ1) is 27.8. The quantitative estimate of drug-likeness (QED) is 0.262. The Morgan fingerprint density at radius 2 is 1.57 bits per heavy atom.